The second kappa shape index (κ2) is 8.88. The van der Waals surface area contributed by atoms with Crippen molar-refractivity contribution >= 4 is 29.3 Å². The van der Waals surface area contributed by atoms with Crippen molar-refractivity contribution in [1.82, 2.24) is 15.5 Å². The summed E-state index contributed by atoms with van der Waals surface area (Å²) in [6, 6.07) is 6.46. The Morgan fingerprint density at radius 1 is 1.08 bits per heavy atom. The molecule has 1 spiro atoms. The van der Waals surface area contributed by atoms with Gasteiger partial charge in [0, 0.05) is 23.1 Å². The number of amides is 3. The highest BCUT2D eigenvalue weighted by atomic mass is 35.5. The maximum absolute atomic E-state index is 14.1. The van der Waals surface area contributed by atoms with Gasteiger partial charge in [0.2, 0.25) is 17.7 Å². The van der Waals surface area contributed by atoms with Gasteiger partial charge in [-0.25, -0.2) is 0 Å². The van der Waals surface area contributed by atoms with Gasteiger partial charge >= 0.3 is 0 Å². The van der Waals surface area contributed by atoms with E-state index in [0.717, 1.165) is 31.2 Å². The van der Waals surface area contributed by atoms with E-state index in [0.29, 0.717) is 5.02 Å². The number of nitrogens with one attached hydrogen (secondary N) is 2. The highest BCUT2D eigenvalue weighted by Crippen LogP contribution is 2.60. The molecule has 3 amide bonds. The van der Waals surface area contributed by atoms with Gasteiger partial charge in [-0.2, -0.15) is 0 Å². The predicted molar refractivity (Wildman–Crippen MR) is 137 cm³/mol. The highest BCUT2D eigenvalue weighted by Gasteiger charge is 2.76. The molecular formula is C28H36ClN3O4. The molecule has 4 aliphatic rings. The van der Waals surface area contributed by atoms with E-state index in [1.165, 1.54) is 6.42 Å². The van der Waals surface area contributed by atoms with Gasteiger partial charge < -0.3 is 20.3 Å². The number of hydrogen-bond donors (Lipinski definition) is 2. The lowest BCUT2D eigenvalue weighted by Crippen LogP contribution is -2.57. The van der Waals surface area contributed by atoms with E-state index >= 15 is 0 Å². The van der Waals surface area contributed by atoms with Gasteiger partial charge in [-0.15, -0.1) is 0 Å². The Morgan fingerprint density at radius 2 is 1.75 bits per heavy atom. The Labute approximate surface area is 218 Å². The first-order valence-electron chi connectivity index (χ1n) is 13.0. The third-order valence-electron chi connectivity index (χ3n) is 8.04. The Bertz CT molecular complexity index is 1090. The molecule has 2 N–H and O–H groups in total. The lowest BCUT2D eigenvalue weighted by molar-refractivity contribution is -0.146. The summed E-state index contributed by atoms with van der Waals surface area (Å²) < 4.78 is 6.58. The summed E-state index contributed by atoms with van der Waals surface area (Å²) in [6.07, 6.45) is 9.02. The molecule has 1 aromatic rings. The van der Waals surface area contributed by atoms with E-state index in [9.17, 15) is 14.4 Å². The van der Waals surface area contributed by atoms with Crippen LogP contribution in [0.1, 0.15) is 65.4 Å². The van der Waals surface area contributed by atoms with E-state index in [1.54, 1.807) is 17.0 Å². The molecule has 5 rings (SSSR count). The molecule has 2 bridgehead atoms. The van der Waals surface area contributed by atoms with Crippen LogP contribution >= 0.6 is 11.6 Å². The molecule has 2 saturated heterocycles. The van der Waals surface area contributed by atoms with E-state index < -0.39 is 34.6 Å². The molecule has 0 radical (unpaired) electrons. The number of nitrogens with zero attached hydrogens (tertiary/aromatic N) is 1. The van der Waals surface area contributed by atoms with Crippen molar-refractivity contribution in [2.45, 2.75) is 95.2 Å². The van der Waals surface area contributed by atoms with Crippen LogP contribution in [0.3, 0.4) is 0 Å². The summed E-state index contributed by atoms with van der Waals surface area (Å²) in [5.41, 5.74) is -1.78. The summed E-state index contributed by atoms with van der Waals surface area (Å²) in [6.45, 7) is 7.80. The number of benzene rings is 1. The fraction of sp³-hybridized carbons (Fsp3) is 0.607. The number of fused-ring (bicyclic) bond motifs is 1. The maximum atomic E-state index is 14.1. The topological polar surface area (TPSA) is 87.7 Å². The quantitative estimate of drug-likeness (QED) is 0.587. The number of rotatable bonds is 5. The smallest absolute Gasteiger partial charge is 0.246 e. The molecule has 3 fully saturated rings. The third kappa shape index (κ3) is 4.24. The van der Waals surface area contributed by atoms with Crippen LogP contribution in [0.15, 0.2) is 36.4 Å². The van der Waals surface area contributed by atoms with Crippen molar-refractivity contribution < 1.29 is 19.1 Å². The van der Waals surface area contributed by atoms with Crippen LogP contribution in [0.2, 0.25) is 5.02 Å². The molecule has 0 aromatic heterocycles. The van der Waals surface area contributed by atoms with Crippen LogP contribution in [-0.2, 0) is 25.7 Å². The Hall–Kier alpha value is -2.38. The summed E-state index contributed by atoms with van der Waals surface area (Å²) >= 11 is 6.07. The normalized spacial score (nSPS) is 33.6. The highest BCUT2D eigenvalue weighted by molar-refractivity contribution is 6.30. The van der Waals surface area contributed by atoms with Crippen LogP contribution in [0, 0.1) is 11.8 Å². The minimum absolute atomic E-state index is 0.121. The first kappa shape index (κ1) is 25.3. The number of likely N-dealkylation sites (tertiary alicyclic amines) is 1. The third-order valence-corrected chi connectivity index (χ3v) is 8.30. The van der Waals surface area contributed by atoms with Crippen LogP contribution in [0.4, 0.5) is 0 Å². The Morgan fingerprint density at radius 3 is 2.39 bits per heavy atom. The van der Waals surface area contributed by atoms with Crippen molar-refractivity contribution in [1.29, 1.82) is 0 Å². The van der Waals surface area contributed by atoms with E-state index in [2.05, 4.69) is 10.6 Å². The number of carbonyl (C=O) groups is 3. The molecule has 3 heterocycles. The number of halogens is 1. The van der Waals surface area contributed by atoms with Crippen LogP contribution in [0.25, 0.3) is 0 Å². The standard InChI is InChI=1S/C28H36ClN3O4/c1-26(2,3)31-24(34)22-28-15-14-27(4,36-28)20(23(33)30-19-8-6-5-7-9-19)21(28)25(35)32(22)16-17-10-12-18(29)13-11-17/h10-15,19-22H,5-9,16H2,1-4H3,(H,30,33)(H,31,34)/t20-,21-,22-,27+,28-/m0/s1. The van der Waals surface area contributed by atoms with Gasteiger partial charge in [-0.1, -0.05) is 55.1 Å². The molecule has 1 saturated carbocycles. The Balaban J connectivity index is 1.51. The van der Waals surface area contributed by atoms with E-state index in [4.69, 9.17) is 16.3 Å². The summed E-state index contributed by atoms with van der Waals surface area (Å²) in [5, 5.41) is 6.86. The van der Waals surface area contributed by atoms with Crippen molar-refractivity contribution in [3.8, 4) is 0 Å². The zero-order valence-electron chi connectivity index (χ0n) is 21.5. The summed E-state index contributed by atoms with van der Waals surface area (Å²) in [7, 11) is 0. The summed E-state index contributed by atoms with van der Waals surface area (Å²) in [5.74, 6) is -2.13. The minimum Gasteiger partial charge on any atom is -0.356 e. The molecular weight excluding hydrogens is 478 g/mol. The van der Waals surface area contributed by atoms with Gasteiger partial charge in [0.25, 0.3) is 0 Å². The molecule has 8 heteroatoms. The molecule has 1 aliphatic carbocycles. The fourth-order valence-corrected chi connectivity index (χ4v) is 6.69. The SMILES string of the molecule is CC(C)(C)NC(=O)[C@@H]1N(Cc2ccc(Cl)cc2)C(=O)[C@@H]2[C@@H](C(=O)NC3CCCCC3)[C@@]3(C)C=C[C@]21O3. The molecule has 5 atom stereocenters. The second-order valence-electron chi connectivity index (χ2n) is 12.0. The molecule has 3 aliphatic heterocycles. The molecule has 7 nitrogen and oxygen atoms in total. The largest absolute Gasteiger partial charge is 0.356 e. The van der Waals surface area contributed by atoms with Crippen molar-refractivity contribution in [3.63, 3.8) is 0 Å². The predicted octanol–water partition coefficient (Wildman–Crippen LogP) is 3.74. The van der Waals surface area contributed by atoms with Crippen molar-refractivity contribution in [2.24, 2.45) is 11.8 Å². The zero-order chi connectivity index (χ0) is 25.9. The van der Waals surface area contributed by atoms with Crippen molar-refractivity contribution in [2.75, 3.05) is 0 Å². The van der Waals surface area contributed by atoms with Gasteiger partial charge in [0.1, 0.15) is 11.6 Å². The maximum Gasteiger partial charge on any atom is 0.246 e. The zero-order valence-corrected chi connectivity index (χ0v) is 22.2. The second-order valence-corrected chi connectivity index (χ2v) is 12.4. The van der Waals surface area contributed by atoms with E-state index in [-0.39, 0.29) is 30.3 Å². The van der Waals surface area contributed by atoms with Gasteiger partial charge in [0.15, 0.2) is 0 Å². The monoisotopic (exact) mass is 513 g/mol. The Kier molecular flexibility index (Phi) is 6.23. The number of ether oxygens (including phenoxy) is 1. The molecule has 36 heavy (non-hydrogen) atoms. The minimum atomic E-state index is -1.19. The van der Waals surface area contributed by atoms with E-state index in [1.807, 2.05) is 52.0 Å². The molecule has 194 valence electrons. The van der Waals surface area contributed by atoms with Crippen LogP contribution in [-0.4, -0.2) is 51.4 Å². The average molecular weight is 514 g/mol. The van der Waals surface area contributed by atoms with Crippen LogP contribution in [0.5, 0.6) is 0 Å². The first-order valence-corrected chi connectivity index (χ1v) is 13.4. The average Bonchev–Trinajstić information content (AvgIpc) is 3.36. The van der Waals surface area contributed by atoms with Gasteiger partial charge in [-0.3, -0.25) is 14.4 Å². The molecule has 1 aromatic carbocycles. The summed E-state index contributed by atoms with van der Waals surface area (Å²) in [4.78, 5) is 43.1. The van der Waals surface area contributed by atoms with Crippen molar-refractivity contribution in [3.05, 3.63) is 47.0 Å². The molecule has 0 unspecified atom stereocenters. The fourth-order valence-electron chi connectivity index (χ4n) is 6.56. The number of carbonyl (C=O) groups excluding carboxylic acids is 3. The first-order chi connectivity index (χ1) is 16.9. The lowest BCUT2D eigenvalue weighted by Gasteiger charge is -2.35. The van der Waals surface area contributed by atoms with Gasteiger partial charge in [0.05, 0.1) is 17.4 Å². The lowest BCUT2D eigenvalue weighted by atomic mass is 9.70. The van der Waals surface area contributed by atoms with Crippen LogP contribution < -0.4 is 10.6 Å². The van der Waals surface area contributed by atoms with Gasteiger partial charge in [-0.05, 0) is 58.2 Å². The number of hydrogen-bond acceptors (Lipinski definition) is 4.